The Kier molecular flexibility index (Phi) is 13.1. The van der Waals surface area contributed by atoms with Crippen LogP contribution in [0.25, 0.3) is 54.7 Å². The fourth-order valence-electron chi connectivity index (χ4n) is 9.91. The van der Waals surface area contributed by atoms with Gasteiger partial charge in [-0.2, -0.15) is 11.8 Å². The SMILES string of the molecule is CCS[C@H]1C[C@@H](c2nc3c(ccc4cc(-c5ccc6c(ccc7[nH]c([C@@H]8C[C@H](COC)CN8C(=O)[C@H](NC(=O)OC)c8ccccc8)nc76)c5)ccc43)[nH]2)N(C(=O)C(NC(=O)OC)C(C)C)C1. The summed E-state index contributed by atoms with van der Waals surface area (Å²) in [6.45, 7) is 7.45. The molecular weight excluding hydrogens is 869 g/mol. The van der Waals surface area contributed by atoms with Gasteiger partial charge in [0.2, 0.25) is 5.91 Å². The van der Waals surface area contributed by atoms with Crippen LogP contribution in [0.4, 0.5) is 9.59 Å². The highest BCUT2D eigenvalue weighted by atomic mass is 32.2. The molecule has 0 bridgehead atoms. The van der Waals surface area contributed by atoms with Gasteiger partial charge in [0.15, 0.2) is 0 Å². The van der Waals surface area contributed by atoms with Gasteiger partial charge in [-0.3, -0.25) is 9.59 Å². The fourth-order valence-corrected chi connectivity index (χ4v) is 11.0. The predicted molar refractivity (Wildman–Crippen MR) is 261 cm³/mol. The molecule has 15 nitrogen and oxygen atoms in total. The van der Waals surface area contributed by atoms with Crippen LogP contribution in [0.15, 0.2) is 91.0 Å². The Bertz CT molecular complexity index is 2970. The molecule has 348 valence electrons. The number of aromatic nitrogens is 4. The number of carbonyl (C=O) groups excluding carboxylic acids is 4. The van der Waals surface area contributed by atoms with Gasteiger partial charge >= 0.3 is 12.2 Å². The maximum Gasteiger partial charge on any atom is 0.407 e. The van der Waals surface area contributed by atoms with Crippen molar-refractivity contribution in [1.29, 1.82) is 0 Å². The zero-order valence-corrected chi connectivity index (χ0v) is 39.3. The second-order valence-corrected chi connectivity index (χ2v) is 19.3. The molecule has 67 heavy (non-hydrogen) atoms. The lowest BCUT2D eigenvalue weighted by molar-refractivity contribution is -0.136. The molecule has 0 radical (unpaired) electrons. The summed E-state index contributed by atoms with van der Waals surface area (Å²) in [6.07, 6.45) is 0.0719. The van der Waals surface area contributed by atoms with E-state index in [0.29, 0.717) is 37.5 Å². The second kappa shape index (κ2) is 19.3. The highest BCUT2D eigenvalue weighted by Crippen LogP contribution is 2.41. The standard InChI is InChI=1S/C51H56N8O7S/c1-7-67-35-24-41(59(26-35)48(60)42(28(2)3)56-50(62)65-5)47-53-39-20-16-34-23-32(14-18-37(34)45(39)55-47)31-13-17-36-33(22-31)15-19-38-44(36)54-46(52-38)40-21-29(27-64-4)25-58(40)49(61)43(57-51(63)66-6)30-11-9-8-10-12-30/h8-20,22-23,28-29,35,40-43H,7,21,24-27H2,1-6H3,(H,52,54)(H,53,55)(H,56,62)(H,57,63)/t29-,35-,40-,41-,42?,43+/m0/s1. The van der Waals surface area contributed by atoms with Gasteiger partial charge in [-0.05, 0) is 76.2 Å². The number of rotatable bonds is 13. The Hall–Kier alpha value is -6.65. The summed E-state index contributed by atoms with van der Waals surface area (Å²) in [4.78, 5) is 74.3. The highest BCUT2D eigenvalue weighted by Gasteiger charge is 2.43. The van der Waals surface area contributed by atoms with E-state index in [9.17, 15) is 19.2 Å². The van der Waals surface area contributed by atoms with Gasteiger partial charge in [0.1, 0.15) is 23.7 Å². The lowest BCUT2D eigenvalue weighted by atomic mass is 9.98. The van der Waals surface area contributed by atoms with E-state index in [4.69, 9.17) is 24.2 Å². The second-order valence-electron chi connectivity index (χ2n) is 17.8. The Morgan fingerprint density at radius 2 is 1.28 bits per heavy atom. The van der Waals surface area contributed by atoms with Crippen molar-refractivity contribution in [3.63, 3.8) is 0 Å². The van der Waals surface area contributed by atoms with Gasteiger partial charge < -0.3 is 44.6 Å². The van der Waals surface area contributed by atoms with E-state index < -0.39 is 24.3 Å². The molecule has 6 atom stereocenters. The van der Waals surface area contributed by atoms with Gasteiger partial charge in [-0.1, -0.05) is 87.5 Å². The number of ether oxygens (including phenoxy) is 3. The smallest absolute Gasteiger partial charge is 0.407 e. The van der Waals surface area contributed by atoms with Gasteiger partial charge in [0.25, 0.3) is 5.91 Å². The maximum atomic E-state index is 14.4. The average Bonchev–Trinajstić information content (AvgIpc) is 4.17. The molecule has 0 spiro atoms. The Balaban J connectivity index is 0.997. The van der Waals surface area contributed by atoms with Gasteiger partial charge in [0.05, 0.1) is 55.0 Å². The van der Waals surface area contributed by atoms with Crippen LogP contribution >= 0.6 is 11.8 Å². The minimum absolute atomic E-state index is 0.0702. The van der Waals surface area contributed by atoms with Crippen molar-refractivity contribution in [3.8, 4) is 11.1 Å². The van der Waals surface area contributed by atoms with Crippen molar-refractivity contribution in [2.45, 2.75) is 63.0 Å². The molecule has 0 saturated carbocycles. The normalized spacial score (nSPS) is 19.4. The van der Waals surface area contributed by atoms with E-state index >= 15 is 0 Å². The van der Waals surface area contributed by atoms with Crippen LogP contribution in [0.3, 0.4) is 0 Å². The molecule has 2 aliphatic rings. The first kappa shape index (κ1) is 45.5. The predicted octanol–water partition coefficient (Wildman–Crippen LogP) is 8.82. The third-order valence-electron chi connectivity index (χ3n) is 13.2. The number of alkyl carbamates (subject to hydrolysis) is 2. The summed E-state index contributed by atoms with van der Waals surface area (Å²) >= 11 is 1.83. The van der Waals surface area contributed by atoms with Crippen molar-refractivity contribution < 1.29 is 33.4 Å². The highest BCUT2D eigenvalue weighted by molar-refractivity contribution is 7.99. The number of hydrogen-bond donors (Lipinski definition) is 4. The number of amides is 4. The molecule has 9 rings (SSSR count). The number of fused-ring (bicyclic) bond motifs is 6. The lowest BCUT2D eigenvalue weighted by Crippen LogP contribution is -2.51. The van der Waals surface area contributed by atoms with Crippen LogP contribution in [0.2, 0.25) is 0 Å². The van der Waals surface area contributed by atoms with Crippen LogP contribution in [-0.2, 0) is 23.8 Å². The van der Waals surface area contributed by atoms with Crippen LogP contribution in [0, 0.1) is 11.8 Å². The van der Waals surface area contributed by atoms with Crippen molar-refractivity contribution in [3.05, 3.63) is 108 Å². The molecule has 7 aromatic rings. The number of benzene rings is 5. The number of likely N-dealkylation sites (tertiary alicyclic amines) is 2. The first-order valence-corrected chi connectivity index (χ1v) is 23.8. The summed E-state index contributed by atoms with van der Waals surface area (Å²) in [7, 11) is 4.24. The van der Waals surface area contributed by atoms with Crippen LogP contribution in [0.1, 0.15) is 69.0 Å². The zero-order chi connectivity index (χ0) is 46.9. The minimum Gasteiger partial charge on any atom is -0.453 e. The molecule has 2 aromatic heterocycles. The van der Waals surface area contributed by atoms with Crippen molar-refractivity contribution in [2.75, 3.05) is 46.8 Å². The van der Waals surface area contributed by atoms with Crippen molar-refractivity contribution >= 4 is 79.4 Å². The summed E-state index contributed by atoms with van der Waals surface area (Å²) in [5.41, 5.74) is 6.16. The van der Waals surface area contributed by atoms with Gasteiger partial charge in [-0.25, -0.2) is 19.6 Å². The number of carbonyl (C=O) groups is 4. The average molecular weight is 925 g/mol. The van der Waals surface area contributed by atoms with E-state index in [2.05, 4.69) is 76.1 Å². The Morgan fingerprint density at radius 3 is 1.84 bits per heavy atom. The summed E-state index contributed by atoms with van der Waals surface area (Å²) in [5.74, 6) is 1.87. The molecular formula is C51H56N8O7S. The number of imidazole rings is 2. The van der Waals surface area contributed by atoms with Crippen molar-refractivity contribution in [2.24, 2.45) is 11.8 Å². The monoisotopic (exact) mass is 924 g/mol. The fraction of sp³-hybridized carbons (Fsp3) is 0.373. The summed E-state index contributed by atoms with van der Waals surface area (Å²) in [6, 6.07) is 27.9. The quantitative estimate of drug-likeness (QED) is 0.0872. The van der Waals surface area contributed by atoms with Crippen molar-refractivity contribution in [1.82, 2.24) is 40.4 Å². The molecule has 4 heterocycles. The number of nitrogens with zero attached hydrogens (tertiary/aromatic N) is 4. The Labute approximate surface area is 392 Å². The summed E-state index contributed by atoms with van der Waals surface area (Å²) in [5, 5.41) is 9.80. The van der Waals surface area contributed by atoms with Crippen LogP contribution in [0.5, 0.6) is 0 Å². The van der Waals surface area contributed by atoms with Gasteiger partial charge in [0, 0.05) is 42.1 Å². The van der Waals surface area contributed by atoms with Crippen LogP contribution < -0.4 is 10.6 Å². The van der Waals surface area contributed by atoms with E-state index in [1.54, 1.807) is 12.0 Å². The maximum absolute atomic E-state index is 14.4. The van der Waals surface area contributed by atoms with E-state index in [1.807, 2.05) is 73.0 Å². The van der Waals surface area contributed by atoms with Crippen LogP contribution in [-0.4, -0.2) is 112 Å². The third kappa shape index (κ3) is 8.99. The largest absolute Gasteiger partial charge is 0.453 e. The molecule has 0 aliphatic carbocycles. The van der Waals surface area contributed by atoms with E-state index in [0.717, 1.165) is 72.7 Å². The number of hydrogen-bond acceptors (Lipinski definition) is 10. The molecule has 4 N–H and O–H groups in total. The van der Waals surface area contributed by atoms with E-state index in [-0.39, 0.29) is 41.0 Å². The topological polar surface area (TPSA) is 184 Å². The number of thioether (sulfide) groups is 1. The molecule has 1 unspecified atom stereocenters. The number of nitrogens with one attached hydrogen (secondary N) is 4. The molecule has 2 saturated heterocycles. The first-order valence-electron chi connectivity index (χ1n) is 22.8. The number of aromatic amines is 2. The zero-order valence-electron chi connectivity index (χ0n) is 38.5. The Morgan fingerprint density at radius 1 is 0.716 bits per heavy atom. The van der Waals surface area contributed by atoms with Gasteiger partial charge in [-0.15, -0.1) is 0 Å². The summed E-state index contributed by atoms with van der Waals surface area (Å²) < 4.78 is 15.3. The molecule has 4 amide bonds. The molecule has 5 aromatic carbocycles. The van der Waals surface area contributed by atoms with E-state index in [1.165, 1.54) is 14.2 Å². The molecule has 16 heteroatoms. The number of methoxy groups -OCH3 is 3. The minimum atomic E-state index is -0.946. The first-order chi connectivity index (χ1) is 32.5. The molecule has 2 aliphatic heterocycles. The third-order valence-corrected chi connectivity index (χ3v) is 14.3. The number of H-pyrrole nitrogens is 2. The molecule has 2 fully saturated rings. The lowest BCUT2D eigenvalue weighted by Gasteiger charge is -2.30.